The molecule has 0 aliphatic heterocycles. The van der Waals surface area contributed by atoms with E-state index >= 15 is 0 Å². The Balaban J connectivity index is 1.77. The molecule has 1 aromatic carbocycles. The average Bonchev–Trinajstić information content (AvgIpc) is 3.19. The summed E-state index contributed by atoms with van der Waals surface area (Å²) in [6.07, 6.45) is 0.482. The lowest BCUT2D eigenvalue weighted by Gasteiger charge is -2.13. The second-order valence-electron chi connectivity index (χ2n) is 6.29. The van der Waals surface area contributed by atoms with Gasteiger partial charge < -0.3 is 9.58 Å². The van der Waals surface area contributed by atoms with Crippen LogP contribution in [0.1, 0.15) is 34.4 Å². The number of nitrogens with zero attached hydrogens (tertiary/aromatic N) is 4. The quantitative estimate of drug-likeness (QED) is 0.591. The molecule has 3 aromatic rings. The number of rotatable bonds is 3. The van der Waals surface area contributed by atoms with Crippen molar-refractivity contribution in [1.82, 2.24) is 25.0 Å². The normalized spacial score (nSPS) is 16.8. The zero-order chi connectivity index (χ0) is 24.1. The molecule has 2 N–H and O–H groups in total. The van der Waals surface area contributed by atoms with Gasteiger partial charge in [0, 0.05) is 15.2 Å². The maximum Gasteiger partial charge on any atom is 0.365 e. The van der Waals surface area contributed by atoms with Crippen LogP contribution in [0, 0.1) is 6.57 Å². The van der Waals surface area contributed by atoms with Gasteiger partial charge in [-0.25, -0.2) is 9.89 Å². The molecule has 12 heteroatoms. The van der Waals surface area contributed by atoms with E-state index in [1.165, 1.54) is 12.1 Å². The largest absolute Gasteiger partial charge is 0.434 e. The molecule has 0 unspecified atom stereocenters. The van der Waals surface area contributed by atoms with Crippen molar-refractivity contribution in [3.05, 3.63) is 75.9 Å². The summed E-state index contributed by atoms with van der Waals surface area (Å²) in [6, 6.07) is 2.53. The third-order valence-corrected chi connectivity index (χ3v) is 5.02. The number of nitrogens with one attached hydrogen (secondary N) is 2. The van der Waals surface area contributed by atoms with E-state index in [9.17, 15) is 14.4 Å². The Hall–Kier alpha value is -3.42. The summed E-state index contributed by atoms with van der Waals surface area (Å²) in [6.45, 7) is 4.61. The van der Waals surface area contributed by atoms with E-state index in [1.807, 2.05) is 4.98 Å². The average molecular weight is 450 g/mol. The molecule has 0 saturated heterocycles. The van der Waals surface area contributed by atoms with Gasteiger partial charge >= 0.3 is 11.5 Å². The van der Waals surface area contributed by atoms with Gasteiger partial charge in [0.05, 0.1) is 15.7 Å². The van der Waals surface area contributed by atoms with Crippen LogP contribution in [0.2, 0.25) is 10.0 Å². The molecule has 1 atom stereocenters. The highest BCUT2D eigenvalue weighted by atomic mass is 35.5. The Labute approximate surface area is 182 Å². The number of fused-ring (bicyclic) bond motifs is 1. The fourth-order valence-corrected chi connectivity index (χ4v) is 3.66. The fourth-order valence-electron chi connectivity index (χ4n) is 3.11. The molecule has 30 heavy (non-hydrogen) atoms. The lowest BCUT2D eigenvalue weighted by atomic mass is 10.1. The summed E-state index contributed by atoms with van der Waals surface area (Å²) in [5.41, 5.74) is -1.98. The second-order valence-corrected chi connectivity index (χ2v) is 7.10. The van der Waals surface area contributed by atoms with E-state index < -0.39 is 35.4 Å². The van der Waals surface area contributed by atoms with E-state index in [-0.39, 0.29) is 45.8 Å². The van der Waals surface area contributed by atoms with Crippen molar-refractivity contribution in [3.63, 3.8) is 0 Å². The maximum atomic E-state index is 12.3. The van der Waals surface area contributed by atoms with Gasteiger partial charge in [-0.1, -0.05) is 36.6 Å². The Morgan fingerprint density at radius 2 is 2.03 bits per heavy atom. The number of aromatic amines is 2. The highest BCUT2D eigenvalue weighted by Gasteiger charge is 2.27. The minimum atomic E-state index is -2.37. The Morgan fingerprint density at radius 3 is 2.70 bits per heavy atom. The van der Waals surface area contributed by atoms with Crippen molar-refractivity contribution in [3.8, 4) is 17.3 Å². The zero-order valence-corrected chi connectivity index (χ0v) is 16.3. The minimum absolute atomic E-state index is 0.0469. The van der Waals surface area contributed by atoms with Crippen LogP contribution >= 0.6 is 23.2 Å². The second kappa shape index (κ2) is 7.44. The number of ether oxygens (including phenoxy) is 1. The van der Waals surface area contributed by atoms with Crippen molar-refractivity contribution in [2.45, 2.75) is 25.6 Å². The van der Waals surface area contributed by atoms with Crippen LogP contribution in [0.15, 0.2) is 26.5 Å². The first-order valence-electron chi connectivity index (χ1n) is 9.91. The molecule has 4 rings (SSSR count). The lowest BCUT2D eigenvalue weighted by Crippen LogP contribution is -2.30. The van der Waals surface area contributed by atoms with Crippen LogP contribution < -0.4 is 21.5 Å². The predicted octanol–water partition coefficient (Wildman–Crippen LogP) is 2.70. The van der Waals surface area contributed by atoms with Crippen LogP contribution in [-0.2, 0) is 6.42 Å². The first-order chi connectivity index (χ1) is 15.5. The Kier molecular flexibility index (Phi) is 4.06. The highest BCUT2D eigenvalue weighted by Crippen LogP contribution is 2.41. The molecule has 0 radical (unpaired) electrons. The highest BCUT2D eigenvalue weighted by molar-refractivity contribution is 6.37. The van der Waals surface area contributed by atoms with Crippen molar-refractivity contribution in [2.75, 3.05) is 0 Å². The third kappa shape index (κ3) is 3.28. The number of H-pyrrole nitrogens is 2. The molecule has 2 heterocycles. The molecule has 0 amide bonds. The monoisotopic (exact) mass is 449 g/mol. The smallest absolute Gasteiger partial charge is 0.365 e. The molecule has 0 spiro atoms. The summed E-state index contributed by atoms with van der Waals surface area (Å²) in [5, 5.41) is 9.65. The fraction of sp³-hybridized carbons (Fsp3) is 0.222. The molecule has 10 nitrogen and oxygen atoms in total. The Bertz CT molecular complexity index is 1480. The zero-order valence-electron chi connectivity index (χ0n) is 17.8. The molecule has 1 aliphatic rings. The van der Waals surface area contributed by atoms with Gasteiger partial charge in [-0.2, -0.15) is 0 Å². The van der Waals surface area contributed by atoms with Gasteiger partial charge in [0.1, 0.15) is 0 Å². The summed E-state index contributed by atoms with van der Waals surface area (Å²) in [5.74, 6) is -1.63. The van der Waals surface area contributed by atoms with Crippen LogP contribution in [0.25, 0.3) is 10.5 Å². The van der Waals surface area contributed by atoms with E-state index in [0.717, 1.165) is 4.68 Å². The standard InChI is InChI=1S/C18H12Cl2N6O4/c1-7-3-4-9-12(7)15(27)23-24-17(9)30-13-10(19)5-8(6-11(13)20)26-18(29)22-16(28)14(21-2)25-26/h5-7H,3-4H2,1H3,(H,23,27)(H,22,28,29)/t7-/m0/s1/i1D3. The molecule has 1 aliphatic carbocycles. The summed E-state index contributed by atoms with van der Waals surface area (Å²) < 4.78 is 29.5. The number of hydrogen-bond acceptors (Lipinski definition) is 6. The number of benzene rings is 1. The van der Waals surface area contributed by atoms with Crippen molar-refractivity contribution < 1.29 is 8.85 Å². The SMILES string of the molecule is [2H]C([2H])([2H])[C@H]1CCc2c(Oc3c(Cl)cc(-n4nc([N+]#[C-])c(=O)[nH]c4=O)cc3Cl)n[nH]c(=O)c21. The van der Waals surface area contributed by atoms with Gasteiger partial charge in [-0.3, -0.25) is 14.6 Å². The van der Waals surface area contributed by atoms with Gasteiger partial charge in [0.15, 0.2) is 5.75 Å². The van der Waals surface area contributed by atoms with Crippen molar-refractivity contribution in [1.29, 1.82) is 0 Å². The molecular weight excluding hydrogens is 435 g/mol. The van der Waals surface area contributed by atoms with Gasteiger partial charge in [-0.05, 0) is 36.0 Å². The molecule has 0 bridgehead atoms. The first kappa shape index (κ1) is 16.4. The van der Waals surface area contributed by atoms with Crippen LogP contribution in [0.5, 0.6) is 11.6 Å². The first-order valence-corrected chi connectivity index (χ1v) is 9.16. The van der Waals surface area contributed by atoms with Crippen molar-refractivity contribution in [2.24, 2.45) is 0 Å². The topological polar surface area (TPSA) is 127 Å². The third-order valence-electron chi connectivity index (χ3n) is 4.46. The minimum Gasteiger partial charge on any atom is -0.434 e. The summed E-state index contributed by atoms with van der Waals surface area (Å²) >= 11 is 12.6. The maximum absolute atomic E-state index is 12.3. The van der Waals surface area contributed by atoms with E-state index in [1.54, 1.807) is 0 Å². The van der Waals surface area contributed by atoms with Gasteiger partial charge in [0.2, 0.25) is 5.88 Å². The van der Waals surface area contributed by atoms with Crippen LogP contribution in [0.3, 0.4) is 0 Å². The van der Waals surface area contributed by atoms with Crippen LogP contribution in [0.4, 0.5) is 5.82 Å². The number of aromatic nitrogens is 5. The molecule has 0 fully saturated rings. The predicted molar refractivity (Wildman–Crippen MR) is 108 cm³/mol. The van der Waals surface area contributed by atoms with Gasteiger partial charge in [-0.15, -0.1) is 9.78 Å². The van der Waals surface area contributed by atoms with Crippen molar-refractivity contribution >= 4 is 29.0 Å². The molecule has 152 valence electrons. The molecule has 2 aromatic heterocycles. The summed E-state index contributed by atoms with van der Waals surface area (Å²) in [4.78, 5) is 40.8. The van der Waals surface area contributed by atoms with Crippen LogP contribution in [-0.4, -0.2) is 25.0 Å². The van der Waals surface area contributed by atoms with E-state index in [0.29, 0.717) is 5.56 Å². The lowest BCUT2D eigenvalue weighted by molar-refractivity contribution is 0.448. The Morgan fingerprint density at radius 1 is 1.30 bits per heavy atom. The summed E-state index contributed by atoms with van der Waals surface area (Å²) in [7, 11) is 0. The number of hydrogen-bond donors (Lipinski definition) is 2. The van der Waals surface area contributed by atoms with Gasteiger partial charge in [0.25, 0.3) is 11.1 Å². The molecule has 0 saturated carbocycles. The van der Waals surface area contributed by atoms with E-state index in [4.69, 9.17) is 38.6 Å². The number of halogens is 2. The molecular formula is C18H12Cl2N6O4. The van der Waals surface area contributed by atoms with E-state index in [2.05, 4.69) is 20.1 Å².